The zero-order valence-electron chi connectivity index (χ0n) is 18.1. The number of hydrogen-bond acceptors (Lipinski definition) is 15. The second-order valence-corrected chi connectivity index (χ2v) is 10.00. The molecule has 2 saturated heterocycles. The maximum absolute atomic E-state index is 10.7. The van der Waals surface area contributed by atoms with Crippen LogP contribution in [0.5, 0.6) is 0 Å². The molecular weight excluding hydrogens is 464 g/mol. The molecule has 1 aliphatic carbocycles. The molecule has 33 heavy (non-hydrogen) atoms. The fourth-order valence-corrected chi connectivity index (χ4v) is 4.61. The predicted octanol–water partition coefficient (Wildman–Crippen LogP) is -6.01. The Morgan fingerprint density at radius 3 is 2.00 bits per heavy atom. The fourth-order valence-electron chi connectivity index (χ4n) is 4.40. The van der Waals surface area contributed by atoms with Crippen LogP contribution in [-0.2, 0) is 18.9 Å². The van der Waals surface area contributed by atoms with Crippen LogP contribution >= 0.6 is 12.6 Å². The van der Waals surface area contributed by atoms with Crippen molar-refractivity contribution < 1.29 is 49.6 Å². The highest BCUT2D eigenvalue weighted by Crippen LogP contribution is 2.34. The van der Waals surface area contributed by atoms with Crippen molar-refractivity contribution >= 4 is 12.6 Å². The molecule has 15 atom stereocenters. The highest BCUT2D eigenvalue weighted by molar-refractivity contribution is 7.81. The highest BCUT2D eigenvalue weighted by atomic mass is 32.1. The molecule has 0 spiro atoms. The van der Waals surface area contributed by atoms with Crippen molar-refractivity contribution in [3.63, 3.8) is 0 Å². The van der Waals surface area contributed by atoms with E-state index in [4.69, 9.17) is 41.9 Å². The standard InChI is InChI=1S/C18H36N4O10S/c1-18(28,33)15-11(26)10(25)7(22)16(32-15)30-13-5(21)2-4(20)8(23)14(13)31-17-12(27)9(24)6(3-19)29-17/h4-17,23-28,33H,2-3,19-22H2,1H3/t4-,5?,6-,7?,8?,9?,10?,11+,12?,13-,14?,15?,16+,17+,18-/m1/s1. The quantitative estimate of drug-likeness (QED) is 0.120. The minimum atomic E-state index is -1.86. The van der Waals surface area contributed by atoms with Crippen molar-refractivity contribution in [1.82, 2.24) is 0 Å². The summed E-state index contributed by atoms with van der Waals surface area (Å²) < 4.78 is 22.7. The molecule has 15 heteroatoms. The van der Waals surface area contributed by atoms with Crippen LogP contribution in [0.2, 0.25) is 0 Å². The van der Waals surface area contributed by atoms with Gasteiger partial charge in [0.05, 0.1) is 12.1 Å². The summed E-state index contributed by atoms with van der Waals surface area (Å²) in [5.74, 6) is 0. The first kappa shape index (κ1) is 27.4. The lowest BCUT2D eigenvalue weighted by Crippen LogP contribution is -2.69. The SMILES string of the molecule is C[C@@](O)(S)C1O[C@H](O[C@@H]2C(N)C[C@@H](N)C(O)C2O[C@@H]2O[C@H](CN)C(O)C2O)C(N)C(O)[C@@H]1O. The molecule has 14 N–H and O–H groups in total. The summed E-state index contributed by atoms with van der Waals surface area (Å²) in [5, 5.41) is 61.8. The number of aliphatic hydroxyl groups is 6. The van der Waals surface area contributed by atoms with Crippen LogP contribution in [0.1, 0.15) is 13.3 Å². The van der Waals surface area contributed by atoms with Crippen LogP contribution in [0.4, 0.5) is 0 Å². The van der Waals surface area contributed by atoms with E-state index in [1.54, 1.807) is 0 Å². The number of rotatable bonds is 6. The maximum atomic E-state index is 10.7. The number of thiol groups is 1. The molecule has 3 fully saturated rings. The number of nitrogens with two attached hydrogens (primary N) is 4. The Bertz CT molecular complexity index is 662. The largest absolute Gasteiger partial charge is 0.389 e. The number of ether oxygens (including phenoxy) is 4. The zero-order chi connectivity index (χ0) is 24.8. The second-order valence-electron chi connectivity index (χ2n) is 9.09. The third-order valence-electron chi connectivity index (χ3n) is 6.39. The lowest BCUT2D eigenvalue weighted by atomic mass is 9.84. The van der Waals surface area contributed by atoms with Crippen molar-refractivity contribution in [2.24, 2.45) is 22.9 Å². The highest BCUT2D eigenvalue weighted by Gasteiger charge is 2.53. The van der Waals surface area contributed by atoms with Crippen molar-refractivity contribution in [2.45, 2.75) is 104 Å². The predicted molar refractivity (Wildman–Crippen MR) is 114 cm³/mol. The van der Waals surface area contributed by atoms with E-state index in [0.29, 0.717) is 0 Å². The van der Waals surface area contributed by atoms with Crippen LogP contribution in [-0.4, -0.2) is 128 Å². The average Bonchev–Trinajstić information content (AvgIpc) is 3.01. The molecule has 2 heterocycles. The fraction of sp³-hybridized carbons (Fsp3) is 1.00. The van der Waals surface area contributed by atoms with Crippen molar-refractivity contribution in [3.8, 4) is 0 Å². The monoisotopic (exact) mass is 500 g/mol. The van der Waals surface area contributed by atoms with E-state index in [0.717, 1.165) is 0 Å². The molecule has 1 saturated carbocycles. The molecule has 3 aliphatic rings. The summed E-state index contributed by atoms with van der Waals surface area (Å²) in [6, 6.07) is -2.88. The van der Waals surface area contributed by atoms with Gasteiger partial charge in [0.15, 0.2) is 12.6 Å². The van der Waals surface area contributed by atoms with Gasteiger partial charge in [0.1, 0.15) is 53.8 Å². The van der Waals surface area contributed by atoms with E-state index in [2.05, 4.69) is 12.6 Å². The van der Waals surface area contributed by atoms with Gasteiger partial charge in [-0.25, -0.2) is 0 Å². The third-order valence-corrected chi connectivity index (χ3v) is 6.64. The summed E-state index contributed by atoms with van der Waals surface area (Å²) >= 11 is 3.99. The van der Waals surface area contributed by atoms with Gasteiger partial charge in [-0.15, -0.1) is 12.6 Å². The average molecular weight is 501 g/mol. The maximum Gasteiger partial charge on any atom is 0.187 e. The van der Waals surface area contributed by atoms with Crippen LogP contribution < -0.4 is 22.9 Å². The normalized spacial score (nSPS) is 53.1. The van der Waals surface area contributed by atoms with Crippen molar-refractivity contribution in [2.75, 3.05) is 6.54 Å². The smallest absolute Gasteiger partial charge is 0.187 e. The van der Waals surface area contributed by atoms with Gasteiger partial charge in [-0.05, 0) is 13.3 Å². The molecular formula is C18H36N4O10S. The molecule has 14 nitrogen and oxygen atoms in total. The molecule has 194 valence electrons. The lowest BCUT2D eigenvalue weighted by molar-refractivity contribution is -0.317. The third kappa shape index (κ3) is 5.47. The summed E-state index contributed by atoms with van der Waals surface area (Å²) in [4.78, 5) is -1.86. The van der Waals surface area contributed by atoms with Crippen LogP contribution in [0.15, 0.2) is 0 Å². The topological polar surface area (TPSA) is 262 Å². The summed E-state index contributed by atoms with van der Waals surface area (Å²) in [6.07, 6.45) is -14.5. The van der Waals surface area contributed by atoms with E-state index in [1.165, 1.54) is 6.92 Å². The summed E-state index contributed by atoms with van der Waals surface area (Å²) in [5.41, 5.74) is 23.7. The van der Waals surface area contributed by atoms with Gasteiger partial charge < -0.3 is 72.5 Å². The molecule has 0 aromatic heterocycles. The molecule has 0 aromatic rings. The van der Waals surface area contributed by atoms with Crippen LogP contribution in [0.3, 0.4) is 0 Å². The van der Waals surface area contributed by atoms with Gasteiger partial charge in [-0.1, -0.05) is 0 Å². The molecule has 0 aromatic carbocycles. The van der Waals surface area contributed by atoms with Gasteiger partial charge in [0.25, 0.3) is 0 Å². The summed E-state index contributed by atoms with van der Waals surface area (Å²) in [6.45, 7) is 1.17. The van der Waals surface area contributed by atoms with E-state index < -0.39 is 90.6 Å². The molecule has 2 aliphatic heterocycles. The lowest BCUT2D eigenvalue weighted by Gasteiger charge is -2.48. The Hall–Kier alpha value is -0.210. The van der Waals surface area contributed by atoms with E-state index >= 15 is 0 Å². The second kappa shape index (κ2) is 10.4. The zero-order valence-corrected chi connectivity index (χ0v) is 19.0. The van der Waals surface area contributed by atoms with Crippen molar-refractivity contribution in [3.05, 3.63) is 0 Å². The van der Waals surface area contributed by atoms with Crippen molar-refractivity contribution in [1.29, 1.82) is 0 Å². The Morgan fingerprint density at radius 1 is 0.848 bits per heavy atom. The number of aliphatic hydroxyl groups excluding tert-OH is 5. The minimum Gasteiger partial charge on any atom is -0.389 e. The number of hydrogen-bond donors (Lipinski definition) is 11. The van der Waals surface area contributed by atoms with E-state index in [9.17, 15) is 30.6 Å². The van der Waals surface area contributed by atoms with Gasteiger partial charge in [0.2, 0.25) is 0 Å². The Morgan fingerprint density at radius 2 is 1.45 bits per heavy atom. The Balaban J connectivity index is 1.81. The minimum absolute atomic E-state index is 0.0830. The first-order chi connectivity index (χ1) is 15.3. The Labute approximate surface area is 196 Å². The molecule has 0 radical (unpaired) electrons. The molecule has 3 rings (SSSR count). The first-order valence-corrected chi connectivity index (χ1v) is 11.2. The molecule has 0 amide bonds. The Kier molecular flexibility index (Phi) is 8.64. The first-order valence-electron chi connectivity index (χ1n) is 10.7. The summed E-state index contributed by atoms with van der Waals surface area (Å²) in [7, 11) is 0. The van der Waals surface area contributed by atoms with E-state index in [1.807, 2.05) is 0 Å². The van der Waals surface area contributed by atoms with Crippen LogP contribution in [0, 0.1) is 0 Å². The van der Waals surface area contributed by atoms with E-state index in [-0.39, 0.29) is 13.0 Å². The van der Waals surface area contributed by atoms with Gasteiger partial charge in [-0.2, -0.15) is 0 Å². The van der Waals surface area contributed by atoms with Gasteiger partial charge in [0, 0.05) is 18.6 Å². The molecule has 0 bridgehead atoms. The molecule has 8 unspecified atom stereocenters. The van der Waals surface area contributed by atoms with Crippen LogP contribution in [0.25, 0.3) is 0 Å². The van der Waals surface area contributed by atoms with Gasteiger partial charge >= 0.3 is 0 Å². The van der Waals surface area contributed by atoms with Gasteiger partial charge in [-0.3, -0.25) is 0 Å².